The number of hydrogen-bond donors (Lipinski definition) is 0. The summed E-state index contributed by atoms with van der Waals surface area (Å²) in [7, 11) is 1.58. The molecule has 0 atom stereocenters. The summed E-state index contributed by atoms with van der Waals surface area (Å²) in [6, 6.07) is 6.11. The lowest BCUT2D eigenvalue weighted by Crippen LogP contribution is -2.35. The van der Waals surface area contributed by atoms with E-state index in [0.29, 0.717) is 0 Å². The van der Waals surface area contributed by atoms with Crippen LogP contribution in [0.15, 0.2) is 18.2 Å². The number of benzene rings is 1. The molecule has 21 heavy (non-hydrogen) atoms. The lowest BCUT2D eigenvalue weighted by atomic mass is 10.0. The Hall–Kier alpha value is -1.50. The zero-order valence-electron chi connectivity index (χ0n) is 13.3. The molecule has 0 saturated heterocycles. The Morgan fingerprint density at radius 3 is 2.14 bits per heavy atom. The van der Waals surface area contributed by atoms with Gasteiger partial charge in [0.05, 0.1) is 5.69 Å². The predicted molar refractivity (Wildman–Crippen MR) is 89.8 cm³/mol. The van der Waals surface area contributed by atoms with Crippen molar-refractivity contribution in [2.75, 3.05) is 24.6 Å². The van der Waals surface area contributed by atoms with Gasteiger partial charge < -0.3 is 4.74 Å². The maximum Gasteiger partial charge on any atom is 0.243 e. The van der Waals surface area contributed by atoms with Crippen molar-refractivity contribution in [2.45, 2.75) is 33.6 Å². The number of rotatable bonds is 6. The van der Waals surface area contributed by atoms with E-state index < -0.39 is 0 Å². The number of anilines is 1. The second-order valence-corrected chi connectivity index (χ2v) is 4.56. The number of aryl methyl sites for hydroxylation is 2. The first-order valence-corrected chi connectivity index (χ1v) is 7.47. The topological polar surface area (TPSA) is 29.5 Å². The Balaban J connectivity index is 0.00000122. The molecule has 0 aromatic heterocycles. The number of ether oxygens (including phenoxy) is 1. The maximum absolute atomic E-state index is 12.0. The van der Waals surface area contributed by atoms with Gasteiger partial charge in [0.25, 0.3) is 0 Å². The highest BCUT2D eigenvalue weighted by Crippen LogP contribution is 2.27. The van der Waals surface area contributed by atoms with Crippen LogP contribution in [0.4, 0.5) is 5.69 Å². The zero-order chi connectivity index (χ0) is 16.3. The molecule has 0 aliphatic carbocycles. The third kappa shape index (κ3) is 5.79. The molecule has 0 unspecified atom stereocenters. The molecule has 4 heteroatoms. The molecule has 1 amide bonds. The fourth-order valence-corrected chi connectivity index (χ4v) is 2.17. The van der Waals surface area contributed by atoms with Crippen LogP contribution in [0.2, 0.25) is 0 Å². The van der Waals surface area contributed by atoms with Crippen molar-refractivity contribution in [3.8, 4) is 12.3 Å². The highest BCUT2D eigenvalue weighted by atomic mass is 35.5. The van der Waals surface area contributed by atoms with Crippen LogP contribution in [-0.2, 0) is 22.4 Å². The lowest BCUT2D eigenvalue weighted by Gasteiger charge is -2.26. The first-order valence-electron chi connectivity index (χ1n) is 6.94. The Kier molecular flexibility index (Phi) is 10.4. The molecule has 1 rings (SSSR count). The summed E-state index contributed by atoms with van der Waals surface area (Å²) < 4.78 is 5.13. The molecule has 1 aromatic carbocycles. The molecule has 3 nitrogen and oxygen atoms in total. The van der Waals surface area contributed by atoms with Gasteiger partial charge in [0.15, 0.2) is 0 Å². The first-order chi connectivity index (χ1) is 10.1. The molecule has 0 saturated carbocycles. The van der Waals surface area contributed by atoms with E-state index >= 15 is 0 Å². The normalized spacial score (nSPS) is 9.33. The van der Waals surface area contributed by atoms with E-state index in [1.807, 2.05) is 18.2 Å². The van der Waals surface area contributed by atoms with Crippen molar-refractivity contribution in [3.05, 3.63) is 29.3 Å². The summed E-state index contributed by atoms with van der Waals surface area (Å²) in [6.45, 7) is 6.04. The number of methoxy groups -OCH3 is 1. The average molecular weight is 310 g/mol. The van der Waals surface area contributed by atoms with E-state index in [0.717, 1.165) is 29.7 Å². The van der Waals surface area contributed by atoms with Gasteiger partial charge in [0.1, 0.15) is 12.6 Å². The quantitative estimate of drug-likeness (QED) is 0.456. The van der Waals surface area contributed by atoms with Crippen molar-refractivity contribution in [3.63, 3.8) is 0 Å². The van der Waals surface area contributed by atoms with Gasteiger partial charge in [-0.05, 0) is 30.9 Å². The molecule has 0 radical (unpaired) electrons. The van der Waals surface area contributed by atoms with Crippen molar-refractivity contribution in [1.82, 2.24) is 0 Å². The van der Waals surface area contributed by atoms with Crippen LogP contribution in [0.5, 0.6) is 0 Å². The molecule has 0 heterocycles. The van der Waals surface area contributed by atoms with Crippen LogP contribution in [0.3, 0.4) is 0 Å². The molecule has 0 N–H and O–H groups in total. The van der Waals surface area contributed by atoms with Gasteiger partial charge in [-0.1, -0.05) is 32.0 Å². The van der Waals surface area contributed by atoms with Gasteiger partial charge in [-0.25, -0.2) is 0 Å². The summed E-state index contributed by atoms with van der Waals surface area (Å²) in [5.74, 6) is 2.08. The molecule has 0 aliphatic heterocycles. The van der Waals surface area contributed by atoms with Crippen LogP contribution in [0.25, 0.3) is 0 Å². The van der Waals surface area contributed by atoms with E-state index in [-0.39, 0.29) is 18.5 Å². The minimum absolute atomic E-state index is 0.0371. The SMILES string of the molecule is C#CC.CCc1cccc(CC)c1N(COC)C(=O)CCl. The molecule has 0 spiro atoms. The van der Waals surface area contributed by atoms with E-state index in [9.17, 15) is 4.79 Å². The Morgan fingerprint density at radius 2 is 1.81 bits per heavy atom. The van der Waals surface area contributed by atoms with E-state index in [2.05, 4.69) is 26.2 Å². The van der Waals surface area contributed by atoms with Crippen LogP contribution in [0, 0.1) is 12.3 Å². The fraction of sp³-hybridized carbons (Fsp3) is 0.471. The van der Waals surface area contributed by atoms with Crippen molar-refractivity contribution in [1.29, 1.82) is 0 Å². The maximum atomic E-state index is 12.0. The highest BCUT2D eigenvalue weighted by molar-refractivity contribution is 6.29. The van der Waals surface area contributed by atoms with Crippen molar-refractivity contribution in [2.24, 2.45) is 0 Å². The standard InChI is InChI=1S/C14H20ClNO2.C3H4/c1-4-11-7-6-8-12(5-2)14(11)16(10-18-3)13(17)9-15;1-3-2/h6-8H,4-5,9-10H2,1-3H3;1H,2H3. The number of halogens is 1. The summed E-state index contributed by atoms with van der Waals surface area (Å²) >= 11 is 5.68. The fourth-order valence-electron chi connectivity index (χ4n) is 2.02. The van der Waals surface area contributed by atoms with Gasteiger partial charge in [-0.2, -0.15) is 0 Å². The minimum atomic E-state index is -0.130. The van der Waals surface area contributed by atoms with Crippen LogP contribution < -0.4 is 4.90 Å². The third-order valence-corrected chi connectivity index (χ3v) is 3.14. The second kappa shape index (κ2) is 11.2. The monoisotopic (exact) mass is 309 g/mol. The summed E-state index contributed by atoms with van der Waals surface area (Å²) in [4.78, 5) is 13.6. The molecule has 0 fully saturated rings. The van der Waals surface area contributed by atoms with Gasteiger partial charge in [-0.15, -0.1) is 23.9 Å². The average Bonchev–Trinajstić information content (AvgIpc) is 2.51. The van der Waals surface area contributed by atoms with Gasteiger partial charge >= 0.3 is 0 Å². The number of amides is 1. The molecular weight excluding hydrogens is 286 g/mol. The molecule has 1 aromatic rings. The third-order valence-electron chi connectivity index (χ3n) is 2.91. The molecule has 116 valence electrons. The van der Waals surface area contributed by atoms with Gasteiger partial charge in [0, 0.05) is 7.11 Å². The highest BCUT2D eigenvalue weighted by Gasteiger charge is 2.19. The van der Waals surface area contributed by atoms with Gasteiger partial charge in [-0.3, -0.25) is 9.69 Å². The number of nitrogens with zero attached hydrogens (tertiary/aromatic N) is 1. The van der Waals surface area contributed by atoms with Gasteiger partial charge in [0.2, 0.25) is 5.91 Å². The number of carbonyl (C=O) groups excluding carboxylic acids is 1. The van der Waals surface area contributed by atoms with Crippen molar-refractivity contribution >= 4 is 23.2 Å². The van der Waals surface area contributed by atoms with Crippen molar-refractivity contribution < 1.29 is 9.53 Å². The summed E-state index contributed by atoms with van der Waals surface area (Å²) in [5, 5.41) is 0. The summed E-state index contributed by atoms with van der Waals surface area (Å²) in [6.07, 6.45) is 6.35. The Labute approximate surface area is 133 Å². The number of carbonyl (C=O) groups is 1. The zero-order valence-corrected chi connectivity index (χ0v) is 14.0. The van der Waals surface area contributed by atoms with E-state index in [4.69, 9.17) is 16.3 Å². The molecule has 0 bridgehead atoms. The molecular formula is C17H24ClNO2. The Morgan fingerprint density at radius 1 is 1.33 bits per heavy atom. The minimum Gasteiger partial charge on any atom is -0.364 e. The smallest absolute Gasteiger partial charge is 0.243 e. The number of hydrogen-bond acceptors (Lipinski definition) is 2. The van der Waals surface area contributed by atoms with Crippen LogP contribution >= 0.6 is 11.6 Å². The van der Waals surface area contributed by atoms with Crippen LogP contribution in [-0.4, -0.2) is 25.6 Å². The number of terminal acetylenes is 1. The number of para-hydroxylation sites is 1. The Bertz CT molecular complexity index is 458. The van der Waals surface area contributed by atoms with Crippen LogP contribution in [0.1, 0.15) is 31.9 Å². The lowest BCUT2D eigenvalue weighted by molar-refractivity contribution is -0.117. The van der Waals surface area contributed by atoms with E-state index in [1.165, 1.54) is 0 Å². The number of alkyl halides is 1. The summed E-state index contributed by atoms with van der Waals surface area (Å²) in [5.41, 5.74) is 3.24. The van der Waals surface area contributed by atoms with E-state index in [1.54, 1.807) is 18.9 Å². The second-order valence-electron chi connectivity index (χ2n) is 4.29. The predicted octanol–water partition coefficient (Wildman–Crippen LogP) is 3.63. The first kappa shape index (κ1) is 19.5. The largest absolute Gasteiger partial charge is 0.364 e. The molecule has 0 aliphatic rings.